The molecule has 0 spiro atoms. The molecule has 4 heteroatoms. The summed E-state index contributed by atoms with van der Waals surface area (Å²) in [6.45, 7) is 4.54. The summed E-state index contributed by atoms with van der Waals surface area (Å²) in [7, 11) is 0. The summed E-state index contributed by atoms with van der Waals surface area (Å²) in [6, 6.07) is 0. The van der Waals surface area contributed by atoms with Gasteiger partial charge in [0, 0.05) is 12.3 Å². The predicted molar refractivity (Wildman–Crippen MR) is 73.9 cm³/mol. The Labute approximate surface area is 120 Å². The van der Waals surface area contributed by atoms with Crippen molar-refractivity contribution in [2.45, 2.75) is 70.2 Å². The zero-order valence-electron chi connectivity index (χ0n) is 12.6. The van der Waals surface area contributed by atoms with E-state index in [1.54, 1.807) is 0 Å². The van der Waals surface area contributed by atoms with Gasteiger partial charge in [-0.05, 0) is 38.0 Å². The van der Waals surface area contributed by atoms with E-state index in [9.17, 15) is 9.90 Å². The van der Waals surface area contributed by atoms with Crippen molar-refractivity contribution >= 4 is 5.97 Å². The molecule has 5 atom stereocenters. The van der Waals surface area contributed by atoms with Crippen molar-refractivity contribution in [3.63, 3.8) is 0 Å². The van der Waals surface area contributed by atoms with Crippen LogP contribution in [0.5, 0.6) is 0 Å². The molecule has 0 aliphatic heterocycles. The number of unbranched alkanes of at least 4 members (excludes halogenated alkanes) is 1. The molecule has 1 N–H and O–H groups in total. The Bertz CT molecular complexity index is 396. The molecule has 4 nitrogen and oxygen atoms in total. The highest BCUT2D eigenvalue weighted by Crippen LogP contribution is 2.66. The van der Waals surface area contributed by atoms with Gasteiger partial charge in [0.05, 0.1) is 12.5 Å². The van der Waals surface area contributed by atoms with E-state index in [1.807, 2.05) is 6.92 Å². The molecule has 4 aliphatic carbocycles. The van der Waals surface area contributed by atoms with Crippen molar-refractivity contribution in [1.29, 1.82) is 0 Å². The van der Waals surface area contributed by atoms with Crippen LogP contribution in [0, 0.1) is 17.8 Å². The lowest BCUT2D eigenvalue weighted by Crippen LogP contribution is -2.48. The zero-order valence-corrected chi connectivity index (χ0v) is 12.6. The van der Waals surface area contributed by atoms with Crippen LogP contribution in [0.25, 0.3) is 0 Å². The minimum Gasteiger partial charge on any atom is -0.459 e. The van der Waals surface area contributed by atoms with Crippen LogP contribution < -0.4 is 0 Å². The van der Waals surface area contributed by atoms with Gasteiger partial charge < -0.3 is 14.6 Å². The third kappa shape index (κ3) is 2.00. The van der Waals surface area contributed by atoms with Gasteiger partial charge in [0.25, 0.3) is 0 Å². The lowest BCUT2D eigenvalue weighted by molar-refractivity contribution is -0.267. The standard InChI is InChI=1S/C16H26O4/c1-3-5-6-19-16(18)12-7-11-8-13(16)15(9-11,10-12)20-14(17)4-2/h11-13,18H,3-10H2,1-2H3. The van der Waals surface area contributed by atoms with E-state index in [4.69, 9.17) is 9.47 Å². The van der Waals surface area contributed by atoms with Crippen molar-refractivity contribution in [3.8, 4) is 0 Å². The Balaban J connectivity index is 1.78. The van der Waals surface area contributed by atoms with Gasteiger partial charge >= 0.3 is 5.97 Å². The highest BCUT2D eigenvalue weighted by Gasteiger charge is 2.72. The van der Waals surface area contributed by atoms with Crippen LogP contribution in [0.3, 0.4) is 0 Å². The maximum Gasteiger partial charge on any atom is 0.306 e. The number of carbonyl (C=O) groups is 1. The molecular weight excluding hydrogens is 256 g/mol. The topological polar surface area (TPSA) is 55.8 Å². The Morgan fingerprint density at radius 3 is 2.80 bits per heavy atom. The van der Waals surface area contributed by atoms with Crippen LogP contribution in [0.4, 0.5) is 0 Å². The summed E-state index contributed by atoms with van der Waals surface area (Å²) in [6.07, 6.45) is 6.08. The number of ether oxygens (including phenoxy) is 2. The first kappa shape index (κ1) is 14.3. The molecule has 0 amide bonds. The fourth-order valence-electron chi connectivity index (χ4n) is 4.77. The first-order valence-electron chi connectivity index (χ1n) is 8.12. The van der Waals surface area contributed by atoms with Crippen LogP contribution in [-0.2, 0) is 14.3 Å². The van der Waals surface area contributed by atoms with E-state index in [1.165, 1.54) is 0 Å². The summed E-state index contributed by atoms with van der Waals surface area (Å²) >= 11 is 0. The Morgan fingerprint density at radius 2 is 2.10 bits per heavy atom. The molecule has 5 unspecified atom stereocenters. The molecule has 0 aromatic carbocycles. The second-order valence-electron chi connectivity index (χ2n) is 6.84. The summed E-state index contributed by atoms with van der Waals surface area (Å²) in [5.74, 6) is -0.490. The fraction of sp³-hybridized carbons (Fsp3) is 0.938. The third-order valence-electron chi connectivity index (χ3n) is 5.57. The summed E-state index contributed by atoms with van der Waals surface area (Å²) in [5, 5.41) is 11.0. The predicted octanol–water partition coefficient (Wildman–Crippen LogP) is 2.63. The van der Waals surface area contributed by atoms with Gasteiger partial charge in [0.1, 0.15) is 5.60 Å². The molecule has 0 heterocycles. The molecule has 114 valence electrons. The fourth-order valence-corrected chi connectivity index (χ4v) is 4.77. The Kier molecular flexibility index (Phi) is 3.57. The Hall–Kier alpha value is -0.610. The molecule has 4 bridgehead atoms. The second-order valence-corrected chi connectivity index (χ2v) is 6.84. The van der Waals surface area contributed by atoms with E-state index in [0.717, 1.165) is 38.5 Å². The number of hydrogen-bond acceptors (Lipinski definition) is 4. The molecule has 0 aromatic heterocycles. The maximum atomic E-state index is 11.8. The van der Waals surface area contributed by atoms with Crippen LogP contribution in [0.2, 0.25) is 0 Å². The summed E-state index contributed by atoms with van der Waals surface area (Å²) in [5.41, 5.74) is -0.443. The van der Waals surface area contributed by atoms with Gasteiger partial charge in [-0.25, -0.2) is 0 Å². The first-order chi connectivity index (χ1) is 9.54. The van der Waals surface area contributed by atoms with Crippen LogP contribution >= 0.6 is 0 Å². The zero-order chi connectivity index (χ0) is 14.4. The molecule has 4 fully saturated rings. The van der Waals surface area contributed by atoms with Gasteiger partial charge in [-0.3, -0.25) is 4.79 Å². The number of rotatable bonds is 6. The van der Waals surface area contributed by atoms with Gasteiger partial charge in [-0.2, -0.15) is 0 Å². The smallest absolute Gasteiger partial charge is 0.306 e. The maximum absolute atomic E-state index is 11.8. The van der Waals surface area contributed by atoms with Crippen LogP contribution in [-0.4, -0.2) is 29.1 Å². The van der Waals surface area contributed by atoms with Gasteiger partial charge in [-0.15, -0.1) is 0 Å². The molecule has 4 aliphatic rings. The molecule has 4 saturated carbocycles. The van der Waals surface area contributed by atoms with E-state index in [-0.39, 0.29) is 17.8 Å². The normalized spacial score (nSPS) is 45.0. The summed E-state index contributed by atoms with van der Waals surface area (Å²) in [4.78, 5) is 11.8. The lowest BCUT2D eigenvalue weighted by atomic mass is 9.78. The minimum atomic E-state index is -1.06. The largest absolute Gasteiger partial charge is 0.459 e. The second kappa shape index (κ2) is 4.99. The SMILES string of the molecule is CCCCOC1(O)C2CC3CC1C(OC(=O)CC)(C3)C2. The minimum absolute atomic E-state index is 0.0221. The number of carbonyl (C=O) groups excluding carboxylic acids is 1. The number of hydrogen-bond donors (Lipinski definition) is 1. The first-order valence-corrected chi connectivity index (χ1v) is 8.12. The van der Waals surface area contributed by atoms with Crippen molar-refractivity contribution in [2.24, 2.45) is 17.8 Å². The van der Waals surface area contributed by atoms with E-state index in [0.29, 0.717) is 18.9 Å². The highest BCUT2D eigenvalue weighted by atomic mass is 16.6. The molecule has 0 radical (unpaired) electrons. The van der Waals surface area contributed by atoms with Gasteiger partial charge in [-0.1, -0.05) is 20.3 Å². The number of esters is 1. The highest BCUT2D eigenvalue weighted by molar-refractivity contribution is 5.69. The average Bonchev–Trinajstić information content (AvgIpc) is 2.76. The molecule has 4 rings (SSSR count). The van der Waals surface area contributed by atoms with Crippen molar-refractivity contribution in [2.75, 3.05) is 6.61 Å². The lowest BCUT2D eigenvalue weighted by Gasteiger charge is -2.39. The van der Waals surface area contributed by atoms with Crippen molar-refractivity contribution in [3.05, 3.63) is 0 Å². The van der Waals surface area contributed by atoms with Gasteiger partial charge in [0.2, 0.25) is 0 Å². The molecule has 20 heavy (non-hydrogen) atoms. The Morgan fingerprint density at radius 1 is 1.30 bits per heavy atom. The van der Waals surface area contributed by atoms with Crippen molar-refractivity contribution in [1.82, 2.24) is 0 Å². The summed E-state index contributed by atoms with van der Waals surface area (Å²) < 4.78 is 11.7. The third-order valence-corrected chi connectivity index (χ3v) is 5.57. The molecule has 0 saturated heterocycles. The van der Waals surface area contributed by atoms with Crippen LogP contribution in [0.15, 0.2) is 0 Å². The monoisotopic (exact) mass is 282 g/mol. The average molecular weight is 282 g/mol. The van der Waals surface area contributed by atoms with E-state index < -0.39 is 11.4 Å². The molecular formula is C16H26O4. The van der Waals surface area contributed by atoms with Crippen LogP contribution in [0.1, 0.15) is 58.8 Å². The van der Waals surface area contributed by atoms with E-state index >= 15 is 0 Å². The molecule has 0 aromatic rings. The van der Waals surface area contributed by atoms with Gasteiger partial charge in [0.15, 0.2) is 5.79 Å². The number of aliphatic hydroxyl groups is 1. The quantitative estimate of drug-likeness (QED) is 0.462. The van der Waals surface area contributed by atoms with Crippen molar-refractivity contribution < 1.29 is 19.4 Å². The van der Waals surface area contributed by atoms with E-state index in [2.05, 4.69) is 6.92 Å².